The number of phenols is 1. The van der Waals surface area contributed by atoms with Crippen LogP contribution in [0.25, 0.3) is 10.9 Å². The number of aromatic nitrogens is 1. The van der Waals surface area contributed by atoms with Crippen molar-refractivity contribution in [1.82, 2.24) is 9.88 Å². The van der Waals surface area contributed by atoms with Crippen molar-refractivity contribution >= 4 is 39.3 Å². The Morgan fingerprint density at radius 2 is 1.50 bits per heavy atom. The van der Waals surface area contributed by atoms with Crippen molar-refractivity contribution in [2.75, 3.05) is 27.3 Å². The normalized spacial score (nSPS) is 11.6. The second kappa shape index (κ2) is 12.7. The minimum Gasteiger partial charge on any atom is -0.505 e. The predicted octanol–water partition coefficient (Wildman–Crippen LogP) is 7.54. The molecular weight excluding hydrogens is 514 g/mol. The maximum atomic E-state index is 10.9. The summed E-state index contributed by atoms with van der Waals surface area (Å²) in [5.74, 6) is 0.884. The minimum absolute atomic E-state index is 0.0368. The third-order valence-electron chi connectivity index (χ3n) is 6.29. The summed E-state index contributed by atoms with van der Waals surface area (Å²) >= 11 is 0. The Hall–Kier alpha value is -4.97. The molecule has 40 heavy (non-hydrogen) atoms. The summed E-state index contributed by atoms with van der Waals surface area (Å²) < 4.78 is 11.0. The van der Waals surface area contributed by atoms with Gasteiger partial charge in [0.25, 0.3) is 5.69 Å². The first kappa shape index (κ1) is 28.0. The van der Waals surface area contributed by atoms with Crippen molar-refractivity contribution < 1.29 is 19.5 Å². The van der Waals surface area contributed by atoms with Crippen LogP contribution in [0.2, 0.25) is 0 Å². The van der Waals surface area contributed by atoms with E-state index in [4.69, 9.17) is 9.47 Å². The number of phenolic OH excluding ortho intramolecular Hbond substituents is 1. The molecule has 0 aliphatic heterocycles. The highest BCUT2D eigenvalue weighted by molar-refractivity contribution is 5.94. The van der Waals surface area contributed by atoms with E-state index in [0.29, 0.717) is 57.3 Å². The molecule has 0 saturated carbocycles. The number of hydrogen-bond acceptors (Lipinski definition) is 11. The second-order valence-corrected chi connectivity index (χ2v) is 8.63. The van der Waals surface area contributed by atoms with Crippen LogP contribution in [-0.4, -0.2) is 47.2 Å². The lowest BCUT2D eigenvalue weighted by Crippen LogP contribution is -2.22. The third-order valence-corrected chi connectivity index (χ3v) is 6.29. The number of aromatic hydroxyl groups is 1. The van der Waals surface area contributed by atoms with E-state index in [-0.39, 0.29) is 11.4 Å². The van der Waals surface area contributed by atoms with Gasteiger partial charge in [0.2, 0.25) is 0 Å². The number of nitro groups is 1. The van der Waals surface area contributed by atoms with Crippen LogP contribution in [0.4, 0.5) is 28.4 Å². The number of non-ortho nitro benzene ring substituents is 1. The van der Waals surface area contributed by atoms with Crippen LogP contribution in [-0.2, 0) is 6.54 Å². The molecule has 12 heteroatoms. The van der Waals surface area contributed by atoms with Crippen molar-refractivity contribution in [3.8, 4) is 17.2 Å². The number of benzene rings is 3. The lowest BCUT2D eigenvalue weighted by Gasteiger charge is -2.19. The molecule has 0 aliphatic rings. The zero-order valence-electron chi connectivity index (χ0n) is 22.6. The topological polar surface area (TPSA) is 147 Å². The van der Waals surface area contributed by atoms with Crippen LogP contribution in [0.5, 0.6) is 17.2 Å². The van der Waals surface area contributed by atoms with E-state index in [1.165, 1.54) is 38.5 Å². The average Bonchev–Trinajstić information content (AvgIpc) is 2.99. The summed E-state index contributed by atoms with van der Waals surface area (Å²) in [4.78, 5) is 17.0. The molecule has 4 rings (SSSR count). The molecule has 1 N–H and O–H groups in total. The van der Waals surface area contributed by atoms with Gasteiger partial charge in [0.1, 0.15) is 34.1 Å². The second-order valence-electron chi connectivity index (χ2n) is 8.63. The van der Waals surface area contributed by atoms with Crippen LogP contribution < -0.4 is 9.47 Å². The van der Waals surface area contributed by atoms with Gasteiger partial charge in [-0.05, 0) is 43.4 Å². The fraction of sp³-hybridized carbons (Fsp3) is 0.250. The van der Waals surface area contributed by atoms with Gasteiger partial charge in [0, 0.05) is 48.0 Å². The standard InChI is InChI=1S/C28H29N7O5/c1-5-34(6-2)17-18-14-22(21-8-7-13-29-27(21)28(18)36)31-33-24-16-25(39-3)23(15-26(24)40-4)32-30-19-9-11-20(12-10-19)35(37)38/h7-16,36H,5-6,17H2,1-4H3. The predicted molar refractivity (Wildman–Crippen MR) is 151 cm³/mol. The van der Waals surface area contributed by atoms with Gasteiger partial charge in [0.15, 0.2) is 0 Å². The van der Waals surface area contributed by atoms with E-state index in [9.17, 15) is 15.2 Å². The number of nitrogens with zero attached hydrogens (tertiary/aromatic N) is 7. The fourth-order valence-electron chi connectivity index (χ4n) is 4.04. The highest BCUT2D eigenvalue weighted by Gasteiger charge is 2.16. The Labute approximate surface area is 230 Å². The number of ether oxygens (including phenoxy) is 2. The molecule has 0 fully saturated rings. The zero-order chi connectivity index (χ0) is 28.6. The van der Waals surface area contributed by atoms with Gasteiger partial charge in [0.05, 0.1) is 30.5 Å². The maximum absolute atomic E-state index is 10.9. The van der Waals surface area contributed by atoms with Crippen molar-refractivity contribution in [2.45, 2.75) is 20.4 Å². The molecule has 12 nitrogen and oxygen atoms in total. The molecule has 1 heterocycles. The Bertz CT molecular complexity index is 1570. The Kier molecular flexibility index (Phi) is 8.92. The molecule has 0 unspecified atom stereocenters. The van der Waals surface area contributed by atoms with Crippen molar-refractivity contribution in [2.24, 2.45) is 20.5 Å². The molecule has 0 aliphatic carbocycles. The van der Waals surface area contributed by atoms with Crippen LogP contribution in [0.15, 0.2) is 81.3 Å². The van der Waals surface area contributed by atoms with Crippen molar-refractivity contribution in [1.29, 1.82) is 0 Å². The molecule has 0 saturated heterocycles. The minimum atomic E-state index is -0.481. The van der Waals surface area contributed by atoms with E-state index in [1.54, 1.807) is 24.4 Å². The number of pyridine rings is 1. The van der Waals surface area contributed by atoms with Gasteiger partial charge in [-0.3, -0.25) is 20.0 Å². The van der Waals surface area contributed by atoms with Gasteiger partial charge < -0.3 is 14.6 Å². The monoisotopic (exact) mass is 543 g/mol. The molecule has 0 spiro atoms. The van der Waals surface area contributed by atoms with Crippen molar-refractivity contribution in [3.63, 3.8) is 0 Å². The van der Waals surface area contributed by atoms with Crippen LogP contribution in [0.3, 0.4) is 0 Å². The number of rotatable bonds is 11. The molecule has 0 amide bonds. The largest absolute Gasteiger partial charge is 0.505 e. The van der Waals surface area contributed by atoms with Crippen LogP contribution in [0.1, 0.15) is 19.4 Å². The maximum Gasteiger partial charge on any atom is 0.269 e. The van der Waals surface area contributed by atoms with E-state index >= 15 is 0 Å². The third kappa shape index (κ3) is 6.18. The van der Waals surface area contributed by atoms with E-state index in [0.717, 1.165) is 13.1 Å². The first-order valence-electron chi connectivity index (χ1n) is 12.5. The van der Waals surface area contributed by atoms with Gasteiger partial charge in [-0.2, -0.15) is 5.11 Å². The van der Waals surface area contributed by atoms with E-state index < -0.39 is 4.92 Å². The average molecular weight is 544 g/mol. The molecule has 4 aromatic rings. The van der Waals surface area contributed by atoms with Crippen molar-refractivity contribution in [3.05, 3.63) is 76.5 Å². The number of azo groups is 2. The summed E-state index contributed by atoms with van der Waals surface area (Å²) in [6.45, 7) is 6.33. The van der Waals surface area contributed by atoms with E-state index in [1.807, 2.05) is 12.1 Å². The Morgan fingerprint density at radius 3 is 2.08 bits per heavy atom. The summed E-state index contributed by atoms with van der Waals surface area (Å²) in [5, 5.41) is 39.8. The Morgan fingerprint density at radius 1 is 0.900 bits per heavy atom. The lowest BCUT2D eigenvalue weighted by molar-refractivity contribution is -0.384. The summed E-state index contributed by atoms with van der Waals surface area (Å²) in [6.07, 6.45) is 1.63. The highest BCUT2D eigenvalue weighted by Crippen LogP contribution is 2.42. The van der Waals surface area contributed by atoms with Gasteiger partial charge in [-0.25, -0.2) is 0 Å². The fourth-order valence-corrected chi connectivity index (χ4v) is 4.04. The molecule has 1 aromatic heterocycles. The summed E-state index contributed by atoms with van der Waals surface area (Å²) in [7, 11) is 2.99. The van der Waals surface area contributed by atoms with Gasteiger partial charge in [-0.1, -0.05) is 13.8 Å². The number of fused-ring (bicyclic) bond motifs is 1. The lowest BCUT2D eigenvalue weighted by atomic mass is 10.1. The Balaban J connectivity index is 1.70. The SMILES string of the molecule is CCN(CC)Cc1cc(N=Nc2cc(OC)c(N=Nc3ccc([N+](=O)[O-])cc3)cc2OC)c2cccnc2c1O. The first-order valence-corrected chi connectivity index (χ1v) is 12.5. The highest BCUT2D eigenvalue weighted by atomic mass is 16.6. The number of nitro benzene ring substituents is 1. The zero-order valence-corrected chi connectivity index (χ0v) is 22.6. The molecule has 0 bridgehead atoms. The quantitative estimate of drug-likeness (QED) is 0.117. The molecule has 3 aromatic carbocycles. The van der Waals surface area contributed by atoms with Crippen LogP contribution in [0, 0.1) is 10.1 Å². The molecule has 206 valence electrons. The molecule has 0 radical (unpaired) electrons. The summed E-state index contributed by atoms with van der Waals surface area (Å²) in [6, 6.07) is 14.4. The number of methoxy groups -OCH3 is 2. The van der Waals surface area contributed by atoms with E-state index in [2.05, 4.69) is 44.2 Å². The summed E-state index contributed by atoms with van der Waals surface area (Å²) in [5.41, 5.74) is 2.87. The molecular formula is C28H29N7O5. The first-order chi connectivity index (χ1) is 19.4. The molecule has 0 atom stereocenters. The van der Waals surface area contributed by atoms with Crippen LogP contribution >= 0.6 is 0 Å². The van der Waals surface area contributed by atoms with Gasteiger partial charge in [-0.15, -0.1) is 15.3 Å². The van der Waals surface area contributed by atoms with Gasteiger partial charge >= 0.3 is 0 Å². The number of hydrogen-bond donors (Lipinski definition) is 1. The smallest absolute Gasteiger partial charge is 0.269 e.